The van der Waals surface area contributed by atoms with Crippen LogP contribution in [-0.2, 0) is 4.74 Å². The van der Waals surface area contributed by atoms with Crippen molar-refractivity contribution in [1.29, 1.82) is 0 Å². The highest BCUT2D eigenvalue weighted by atomic mass is 19.4. The molecule has 0 saturated carbocycles. The number of aliphatic hydroxyl groups excluding tert-OH is 1. The monoisotopic (exact) mass is 200 g/mol. The van der Waals surface area contributed by atoms with Gasteiger partial charge in [-0.05, 0) is 19.3 Å². The van der Waals surface area contributed by atoms with Gasteiger partial charge in [-0.25, -0.2) is 0 Å². The van der Waals surface area contributed by atoms with E-state index in [1.165, 1.54) is 0 Å². The molecule has 2 atom stereocenters. The second kappa shape index (κ2) is 5.44. The molecule has 80 valence electrons. The summed E-state index contributed by atoms with van der Waals surface area (Å²) in [4.78, 5) is 0. The molecule has 1 N–H and O–H groups in total. The summed E-state index contributed by atoms with van der Waals surface area (Å²) in [6, 6.07) is 0. The third-order valence-corrected chi connectivity index (χ3v) is 1.81. The van der Waals surface area contributed by atoms with Gasteiger partial charge in [-0.15, -0.1) is 0 Å². The predicted molar refractivity (Wildman–Crippen MR) is 42.3 cm³/mol. The van der Waals surface area contributed by atoms with Crippen molar-refractivity contribution < 1.29 is 23.0 Å². The van der Waals surface area contributed by atoms with E-state index in [4.69, 9.17) is 5.11 Å². The van der Waals surface area contributed by atoms with Crippen LogP contribution in [0.4, 0.5) is 13.2 Å². The van der Waals surface area contributed by atoms with Crippen LogP contribution in [0.5, 0.6) is 0 Å². The Kier molecular flexibility index (Phi) is 5.32. The Morgan fingerprint density at radius 3 is 2.23 bits per heavy atom. The normalized spacial score (nSPS) is 17.1. The first kappa shape index (κ1) is 12.7. The van der Waals surface area contributed by atoms with Crippen LogP contribution in [0.15, 0.2) is 0 Å². The maximum absolute atomic E-state index is 11.6. The standard InChI is InChI=1S/C8H15F3O2/c1-6(7(2)12)3-4-13-5-8(9,10)11/h6-7,12H,3-5H2,1-2H3. The highest BCUT2D eigenvalue weighted by Crippen LogP contribution is 2.15. The van der Waals surface area contributed by atoms with Gasteiger partial charge in [-0.1, -0.05) is 6.92 Å². The molecule has 0 aromatic rings. The van der Waals surface area contributed by atoms with Crippen LogP contribution in [0.2, 0.25) is 0 Å². The van der Waals surface area contributed by atoms with Crippen molar-refractivity contribution in [2.45, 2.75) is 32.5 Å². The lowest BCUT2D eigenvalue weighted by Crippen LogP contribution is -2.20. The Balaban J connectivity index is 3.36. The first-order chi connectivity index (χ1) is 5.83. The number of hydrogen-bond acceptors (Lipinski definition) is 2. The average molecular weight is 200 g/mol. The minimum Gasteiger partial charge on any atom is -0.393 e. The highest BCUT2D eigenvalue weighted by molar-refractivity contribution is 4.58. The summed E-state index contributed by atoms with van der Waals surface area (Å²) in [5.41, 5.74) is 0. The third kappa shape index (κ3) is 8.05. The fourth-order valence-electron chi connectivity index (χ4n) is 0.698. The molecule has 5 heteroatoms. The van der Waals surface area contributed by atoms with E-state index in [0.29, 0.717) is 6.42 Å². The van der Waals surface area contributed by atoms with Crippen molar-refractivity contribution >= 4 is 0 Å². The Morgan fingerprint density at radius 2 is 1.85 bits per heavy atom. The molecule has 0 fully saturated rings. The summed E-state index contributed by atoms with van der Waals surface area (Å²) in [5, 5.41) is 9.00. The maximum atomic E-state index is 11.6. The Bertz CT molecular complexity index is 134. The van der Waals surface area contributed by atoms with Crippen LogP contribution in [-0.4, -0.2) is 30.6 Å². The lowest BCUT2D eigenvalue weighted by Gasteiger charge is -2.14. The Morgan fingerprint density at radius 1 is 1.31 bits per heavy atom. The van der Waals surface area contributed by atoms with Gasteiger partial charge in [-0.3, -0.25) is 0 Å². The van der Waals surface area contributed by atoms with Crippen molar-refractivity contribution in [3.05, 3.63) is 0 Å². The molecular weight excluding hydrogens is 185 g/mol. The van der Waals surface area contributed by atoms with E-state index >= 15 is 0 Å². The van der Waals surface area contributed by atoms with Crippen LogP contribution in [0, 0.1) is 5.92 Å². The maximum Gasteiger partial charge on any atom is 0.411 e. The fraction of sp³-hybridized carbons (Fsp3) is 1.00. The number of aliphatic hydroxyl groups is 1. The predicted octanol–water partition coefficient (Wildman–Crippen LogP) is 1.97. The zero-order valence-corrected chi connectivity index (χ0v) is 7.77. The van der Waals surface area contributed by atoms with E-state index in [0.717, 1.165) is 0 Å². The molecule has 0 aliphatic carbocycles. The number of halogens is 3. The average Bonchev–Trinajstić information content (AvgIpc) is 1.95. The molecule has 0 aromatic carbocycles. The van der Waals surface area contributed by atoms with Crippen molar-refractivity contribution in [3.63, 3.8) is 0 Å². The first-order valence-corrected chi connectivity index (χ1v) is 4.15. The molecule has 0 amide bonds. The SMILES string of the molecule is CC(O)C(C)CCOCC(F)(F)F. The van der Waals surface area contributed by atoms with Gasteiger partial charge in [0.25, 0.3) is 0 Å². The summed E-state index contributed by atoms with van der Waals surface area (Å²) >= 11 is 0. The van der Waals surface area contributed by atoms with Crippen LogP contribution >= 0.6 is 0 Å². The zero-order chi connectivity index (χ0) is 10.5. The minimum atomic E-state index is -4.26. The van der Waals surface area contributed by atoms with Gasteiger partial charge in [0.15, 0.2) is 0 Å². The molecule has 13 heavy (non-hydrogen) atoms. The van der Waals surface area contributed by atoms with E-state index in [9.17, 15) is 13.2 Å². The van der Waals surface area contributed by atoms with E-state index in [1.807, 2.05) is 0 Å². The second-order valence-corrected chi connectivity index (χ2v) is 3.17. The molecule has 2 unspecified atom stereocenters. The molecule has 0 bridgehead atoms. The highest BCUT2D eigenvalue weighted by Gasteiger charge is 2.27. The number of ether oxygens (including phenoxy) is 1. The molecule has 0 saturated heterocycles. The van der Waals surface area contributed by atoms with Crippen molar-refractivity contribution in [2.24, 2.45) is 5.92 Å². The van der Waals surface area contributed by atoms with E-state index in [2.05, 4.69) is 4.74 Å². The molecule has 0 heterocycles. The van der Waals surface area contributed by atoms with E-state index in [1.54, 1.807) is 13.8 Å². The van der Waals surface area contributed by atoms with Gasteiger partial charge < -0.3 is 9.84 Å². The molecule has 0 aliphatic heterocycles. The Labute approximate surface area is 75.7 Å². The minimum absolute atomic E-state index is 0.0333. The van der Waals surface area contributed by atoms with Crippen molar-refractivity contribution in [1.82, 2.24) is 0 Å². The topological polar surface area (TPSA) is 29.5 Å². The summed E-state index contributed by atoms with van der Waals surface area (Å²) in [6.07, 6.45) is -4.32. The largest absolute Gasteiger partial charge is 0.411 e. The zero-order valence-electron chi connectivity index (χ0n) is 7.77. The van der Waals surface area contributed by atoms with Crippen LogP contribution in [0.3, 0.4) is 0 Å². The quantitative estimate of drug-likeness (QED) is 0.687. The fourth-order valence-corrected chi connectivity index (χ4v) is 0.698. The van der Waals surface area contributed by atoms with Gasteiger partial charge in [0.05, 0.1) is 6.10 Å². The van der Waals surface area contributed by atoms with Crippen LogP contribution in [0.1, 0.15) is 20.3 Å². The van der Waals surface area contributed by atoms with Gasteiger partial charge in [0.2, 0.25) is 0 Å². The van der Waals surface area contributed by atoms with Crippen LogP contribution in [0.25, 0.3) is 0 Å². The molecule has 0 aliphatic rings. The number of rotatable bonds is 5. The molecule has 0 rings (SSSR count). The number of hydrogen-bond donors (Lipinski definition) is 1. The summed E-state index contributed by atoms with van der Waals surface area (Å²) < 4.78 is 39.1. The summed E-state index contributed by atoms with van der Waals surface area (Å²) in [6.45, 7) is 2.20. The smallest absolute Gasteiger partial charge is 0.393 e. The number of alkyl halides is 3. The molecule has 0 radical (unpaired) electrons. The molecule has 0 spiro atoms. The Hall–Kier alpha value is -0.290. The molecule has 0 aromatic heterocycles. The first-order valence-electron chi connectivity index (χ1n) is 4.15. The second-order valence-electron chi connectivity index (χ2n) is 3.17. The van der Waals surface area contributed by atoms with E-state index < -0.39 is 18.9 Å². The summed E-state index contributed by atoms with van der Waals surface area (Å²) in [7, 11) is 0. The van der Waals surface area contributed by atoms with Crippen LogP contribution < -0.4 is 0 Å². The lowest BCUT2D eigenvalue weighted by atomic mass is 10.0. The van der Waals surface area contributed by atoms with Gasteiger partial charge >= 0.3 is 6.18 Å². The molecule has 2 nitrogen and oxygen atoms in total. The van der Waals surface area contributed by atoms with Gasteiger partial charge in [0.1, 0.15) is 6.61 Å². The lowest BCUT2D eigenvalue weighted by molar-refractivity contribution is -0.174. The van der Waals surface area contributed by atoms with Gasteiger partial charge in [0, 0.05) is 6.61 Å². The van der Waals surface area contributed by atoms with Gasteiger partial charge in [-0.2, -0.15) is 13.2 Å². The van der Waals surface area contributed by atoms with Crippen molar-refractivity contribution in [3.8, 4) is 0 Å². The van der Waals surface area contributed by atoms with E-state index in [-0.39, 0.29) is 12.5 Å². The molecular formula is C8H15F3O2. The summed E-state index contributed by atoms with van der Waals surface area (Å²) in [5.74, 6) is -0.0340. The third-order valence-electron chi connectivity index (χ3n) is 1.81. The van der Waals surface area contributed by atoms with Crippen molar-refractivity contribution in [2.75, 3.05) is 13.2 Å².